The monoisotopic (exact) mass is 194 g/mol. The van der Waals surface area contributed by atoms with Crippen LogP contribution in [0.4, 0.5) is 0 Å². The zero-order valence-electron chi connectivity index (χ0n) is 10.6. The van der Waals surface area contributed by atoms with Crippen molar-refractivity contribution in [2.45, 2.75) is 60.3 Å². The van der Waals surface area contributed by atoms with Crippen molar-refractivity contribution < 1.29 is 0 Å². The molecule has 0 amide bonds. The highest BCUT2D eigenvalue weighted by atomic mass is 14.1. The topological polar surface area (TPSA) is 0 Å². The van der Waals surface area contributed by atoms with E-state index >= 15 is 0 Å². The molecule has 0 rings (SSSR count). The molecule has 0 saturated heterocycles. The number of unbranched alkanes of at least 4 members (excludes halogenated alkanes) is 3. The van der Waals surface area contributed by atoms with Gasteiger partial charge in [0, 0.05) is 0 Å². The molecule has 0 aromatic heterocycles. The van der Waals surface area contributed by atoms with Crippen molar-refractivity contribution in [2.24, 2.45) is 11.8 Å². The maximum atomic E-state index is 3.41. The van der Waals surface area contributed by atoms with Crippen molar-refractivity contribution in [3.8, 4) is 0 Å². The van der Waals surface area contributed by atoms with Crippen molar-refractivity contribution in [3.05, 3.63) is 17.4 Å². The number of hydrogen-bond acceptors (Lipinski definition) is 0. The molecule has 0 radical (unpaired) electrons. The van der Waals surface area contributed by atoms with E-state index in [0.29, 0.717) is 5.92 Å². The molecule has 1 atom stereocenters. The summed E-state index contributed by atoms with van der Waals surface area (Å²) in [5.41, 5.74) is 4.81. The molecule has 0 aliphatic rings. The largest absolute Gasteiger partial charge is 0.126 e. The van der Waals surface area contributed by atoms with Crippen LogP contribution in [0.2, 0.25) is 0 Å². The van der Waals surface area contributed by atoms with Gasteiger partial charge in [0.2, 0.25) is 0 Å². The first-order valence-electron chi connectivity index (χ1n) is 6.01. The summed E-state index contributed by atoms with van der Waals surface area (Å²) in [6, 6.07) is 0. The van der Waals surface area contributed by atoms with E-state index < -0.39 is 0 Å². The minimum Gasteiger partial charge on any atom is -0.126 e. The lowest BCUT2D eigenvalue weighted by molar-refractivity contribution is 0.480. The van der Waals surface area contributed by atoms with E-state index in [0.717, 1.165) is 5.92 Å². The molecule has 0 N–H and O–H groups in total. The van der Waals surface area contributed by atoms with E-state index in [1.54, 1.807) is 0 Å². The fourth-order valence-electron chi connectivity index (χ4n) is 1.36. The highest BCUT2D eigenvalue weighted by Crippen LogP contribution is 2.17. The first kappa shape index (κ1) is 13.5. The lowest BCUT2D eigenvalue weighted by atomic mass is 9.91. The minimum absolute atomic E-state index is 0.664. The van der Waals surface area contributed by atoms with Gasteiger partial charge >= 0.3 is 0 Å². The molecule has 14 heavy (non-hydrogen) atoms. The molecule has 0 aliphatic heterocycles. The summed E-state index contributed by atoms with van der Waals surface area (Å²) < 4.78 is 0. The third-order valence-electron chi connectivity index (χ3n) is 2.96. The van der Waals surface area contributed by atoms with E-state index in [-0.39, 0.29) is 0 Å². The Hall–Kier alpha value is -0.480. The zero-order valence-corrected chi connectivity index (χ0v) is 10.6. The van der Waals surface area contributed by atoms with Gasteiger partial charge in [-0.3, -0.25) is 0 Å². The minimum atomic E-state index is 0.664. The SMILES string of the molecule is CCCCCC=C=C(C)C(C)C(C)C. The van der Waals surface area contributed by atoms with Crippen LogP contribution < -0.4 is 0 Å². The Bertz CT molecular complexity index is 192. The summed E-state index contributed by atoms with van der Waals surface area (Å²) in [7, 11) is 0. The van der Waals surface area contributed by atoms with Crippen molar-refractivity contribution in [1.29, 1.82) is 0 Å². The smallest absolute Gasteiger partial charge is 0.0135 e. The molecule has 0 nitrogen and oxygen atoms in total. The fraction of sp³-hybridized carbons (Fsp3) is 0.786. The molecule has 0 saturated carbocycles. The van der Waals surface area contributed by atoms with Gasteiger partial charge in [-0.2, -0.15) is 0 Å². The molecule has 0 spiro atoms. The van der Waals surface area contributed by atoms with Crippen molar-refractivity contribution in [1.82, 2.24) is 0 Å². The first-order chi connectivity index (χ1) is 6.59. The van der Waals surface area contributed by atoms with E-state index in [1.165, 1.54) is 31.3 Å². The average Bonchev–Trinajstić information content (AvgIpc) is 2.16. The summed E-state index contributed by atoms with van der Waals surface area (Å²) in [4.78, 5) is 0. The third kappa shape index (κ3) is 6.05. The molecule has 0 heterocycles. The molecule has 82 valence electrons. The van der Waals surface area contributed by atoms with E-state index in [2.05, 4.69) is 46.4 Å². The summed E-state index contributed by atoms with van der Waals surface area (Å²) in [5, 5.41) is 0. The van der Waals surface area contributed by atoms with E-state index in [1.807, 2.05) is 0 Å². The Balaban J connectivity index is 3.95. The highest BCUT2D eigenvalue weighted by molar-refractivity contribution is 5.02. The van der Waals surface area contributed by atoms with Crippen molar-refractivity contribution in [3.63, 3.8) is 0 Å². The fourth-order valence-corrected chi connectivity index (χ4v) is 1.36. The van der Waals surface area contributed by atoms with Gasteiger partial charge in [-0.1, -0.05) is 40.5 Å². The number of rotatable bonds is 6. The molecule has 0 aromatic rings. The lowest BCUT2D eigenvalue weighted by Crippen LogP contribution is -2.03. The predicted molar refractivity (Wildman–Crippen MR) is 65.4 cm³/mol. The van der Waals surface area contributed by atoms with Gasteiger partial charge in [0.05, 0.1) is 0 Å². The van der Waals surface area contributed by atoms with Gasteiger partial charge in [-0.05, 0) is 43.3 Å². The van der Waals surface area contributed by atoms with Crippen LogP contribution in [0.1, 0.15) is 60.3 Å². The number of allylic oxidation sites excluding steroid dienone is 1. The Morgan fingerprint density at radius 2 is 1.86 bits per heavy atom. The molecule has 0 aliphatic carbocycles. The average molecular weight is 194 g/mol. The predicted octanol–water partition coefficient (Wildman–Crippen LogP) is 4.96. The van der Waals surface area contributed by atoms with Crippen LogP contribution in [0.25, 0.3) is 0 Å². The second-order valence-electron chi connectivity index (χ2n) is 4.56. The normalized spacial score (nSPS) is 12.4. The van der Waals surface area contributed by atoms with Crippen LogP contribution in [-0.2, 0) is 0 Å². The van der Waals surface area contributed by atoms with Gasteiger partial charge in [0.25, 0.3) is 0 Å². The molecular formula is C14H26. The lowest BCUT2D eigenvalue weighted by Gasteiger charge is -2.13. The molecule has 1 unspecified atom stereocenters. The summed E-state index contributed by atoms with van der Waals surface area (Å²) in [6.07, 6.45) is 7.36. The van der Waals surface area contributed by atoms with Crippen LogP contribution >= 0.6 is 0 Å². The Kier molecular flexibility index (Phi) is 7.61. The van der Waals surface area contributed by atoms with Gasteiger partial charge < -0.3 is 0 Å². The van der Waals surface area contributed by atoms with Crippen LogP contribution in [0.5, 0.6) is 0 Å². The Morgan fingerprint density at radius 3 is 2.36 bits per heavy atom. The molecular weight excluding hydrogens is 168 g/mol. The van der Waals surface area contributed by atoms with Crippen LogP contribution in [0.3, 0.4) is 0 Å². The first-order valence-corrected chi connectivity index (χ1v) is 6.01. The van der Waals surface area contributed by atoms with Crippen molar-refractivity contribution >= 4 is 0 Å². The third-order valence-corrected chi connectivity index (χ3v) is 2.96. The van der Waals surface area contributed by atoms with Gasteiger partial charge in [0.1, 0.15) is 0 Å². The molecule has 0 aromatic carbocycles. The zero-order chi connectivity index (χ0) is 11.0. The van der Waals surface area contributed by atoms with Crippen molar-refractivity contribution in [2.75, 3.05) is 0 Å². The standard InChI is InChI=1S/C14H26/c1-6-7-8-9-10-11-13(4)14(5)12(2)3/h10,12,14H,6-9H2,1-5H3. The second kappa shape index (κ2) is 7.88. The summed E-state index contributed by atoms with van der Waals surface area (Å²) in [5.74, 6) is 1.39. The highest BCUT2D eigenvalue weighted by Gasteiger charge is 2.07. The molecule has 0 bridgehead atoms. The molecule has 0 fully saturated rings. The Labute approximate surface area is 90.1 Å². The quantitative estimate of drug-likeness (QED) is 0.414. The van der Waals surface area contributed by atoms with Gasteiger partial charge in [-0.15, -0.1) is 5.73 Å². The van der Waals surface area contributed by atoms with Crippen LogP contribution in [-0.4, -0.2) is 0 Å². The Morgan fingerprint density at radius 1 is 1.21 bits per heavy atom. The second-order valence-corrected chi connectivity index (χ2v) is 4.56. The molecule has 0 heteroatoms. The van der Waals surface area contributed by atoms with Gasteiger partial charge in [0.15, 0.2) is 0 Å². The van der Waals surface area contributed by atoms with E-state index in [9.17, 15) is 0 Å². The summed E-state index contributed by atoms with van der Waals surface area (Å²) >= 11 is 0. The van der Waals surface area contributed by atoms with Gasteiger partial charge in [-0.25, -0.2) is 0 Å². The maximum Gasteiger partial charge on any atom is -0.0135 e. The van der Waals surface area contributed by atoms with Crippen LogP contribution in [0.15, 0.2) is 17.4 Å². The number of hydrogen-bond donors (Lipinski definition) is 0. The summed E-state index contributed by atoms with van der Waals surface area (Å²) in [6.45, 7) is 11.3. The van der Waals surface area contributed by atoms with E-state index in [4.69, 9.17) is 0 Å². The maximum absolute atomic E-state index is 3.41. The van der Waals surface area contributed by atoms with Crippen LogP contribution in [0, 0.1) is 11.8 Å².